The van der Waals surface area contributed by atoms with Gasteiger partial charge in [0.15, 0.2) is 0 Å². The molecule has 1 aromatic carbocycles. The Hall–Kier alpha value is -1.31. The Morgan fingerprint density at radius 1 is 1.05 bits per heavy atom. The normalized spacial score (nSPS) is 21.4. The van der Waals surface area contributed by atoms with E-state index in [9.17, 15) is 4.79 Å². The smallest absolute Gasteiger partial charge is 0.313 e. The summed E-state index contributed by atoms with van der Waals surface area (Å²) in [7, 11) is 1.49. The Labute approximate surface area is 121 Å². The average molecular weight is 272 g/mol. The summed E-state index contributed by atoms with van der Waals surface area (Å²) in [6.07, 6.45) is 9.07. The van der Waals surface area contributed by atoms with Crippen molar-refractivity contribution in [3.63, 3.8) is 0 Å². The van der Waals surface area contributed by atoms with Gasteiger partial charge in [0.05, 0.1) is 13.0 Å². The predicted octanol–water partition coefficient (Wildman–Crippen LogP) is 4.40. The van der Waals surface area contributed by atoms with Crippen LogP contribution >= 0.6 is 0 Å². The molecule has 0 amide bonds. The van der Waals surface area contributed by atoms with E-state index in [1.54, 1.807) is 0 Å². The minimum Gasteiger partial charge on any atom is -0.469 e. The molecular formula is C18H24O2. The first-order chi connectivity index (χ1) is 9.79. The fourth-order valence-electron chi connectivity index (χ4n) is 3.57. The number of carbonyl (C=O) groups excluding carboxylic acids is 1. The zero-order valence-corrected chi connectivity index (χ0v) is 12.3. The lowest BCUT2D eigenvalue weighted by molar-refractivity contribution is -0.143. The van der Waals surface area contributed by atoms with Gasteiger partial charge >= 0.3 is 5.97 Å². The number of methoxy groups -OCH3 is 1. The minimum absolute atomic E-state index is 0.0413. The molecule has 2 aliphatic carbocycles. The van der Waals surface area contributed by atoms with Crippen LogP contribution in [0.4, 0.5) is 0 Å². The first-order valence-electron chi connectivity index (χ1n) is 7.97. The summed E-state index contributed by atoms with van der Waals surface area (Å²) >= 11 is 0. The Bertz CT molecular complexity index is 453. The lowest BCUT2D eigenvalue weighted by Crippen LogP contribution is -2.16. The van der Waals surface area contributed by atoms with Gasteiger partial charge in [-0.15, -0.1) is 0 Å². The molecule has 2 heteroatoms. The van der Waals surface area contributed by atoms with Crippen molar-refractivity contribution in [2.24, 2.45) is 5.92 Å². The van der Waals surface area contributed by atoms with E-state index in [-0.39, 0.29) is 11.9 Å². The first kappa shape index (κ1) is 13.7. The van der Waals surface area contributed by atoms with Gasteiger partial charge in [-0.1, -0.05) is 43.5 Å². The monoisotopic (exact) mass is 272 g/mol. The zero-order chi connectivity index (χ0) is 13.9. The summed E-state index contributed by atoms with van der Waals surface area (Å²) in [6, 6.07) is 8.79. The van der Waals surface area contributed by atoms with Gasteiger partial charge in [0.1, 0.15) is 0 Å². The van der Waals surface area contributed by atoms with Crippen molar-refractivity contribution in [1.29, 1.82) is 0 Å². The molecule has 0 N–H and O–H groups in total. The van der Waals surface area contributed by atoms with Crippen LogP contribution < -0.4 is 0 Å². The molecule has 0 bridgehead atoms. The highest BCUT2D eigenvalue weighted by molar-refractivity contribution is 5.79. The van der Waals surface area contributed by atoms with Gasteiger partial charge in [0.2, 0.25) is 0 Å². The number of rotatable bonds is 4. The van der Waals surface area contributed by atoms with E-state index in [0.717, 1.165) is 24.3 Å². The summed E-state index contributed by atoms with van der Waals surface area (Å²) in [5.41, 5.74) is 2.59. The van der Waals surface area contributed by atoms with Gasteiger partial charge < -0.3 is 4.74 Å². The van der Waals surface area contributed by atoms with Gasteiger partial charge in [-0.3, -0.25) is 4.79 Å². The summed E-state index contributed by atoms with van der Waals surface area (Å²) < 4.78 is 4.98. The van der Waals surface area contributed by atoms with Crippen LogP contribution in [-0.2, 0) is 9.53 Å². The van der Waals surface area contributed by atoms with Crippen LogP contribution in [0.2, 0.25) is 0 Å². The number of ether oxygens (including phenoxy) is 1. The fourth-order valence-corrected chi connectivity index (χ4v) is 3.57. The van der Waals surface area contributed by atoms with E-state index in [0.29, 0.717) is 5.92 Å². The van der Waals surface area contributed by atoms with Gasteiger partial charge in [0, 0.05) is 0 Å². The lowest BCUT2D eigenvalue weighted by Gasteiger charge is -2.22. The van der Waals surface area contributed by atoms with Gasteiger partial charge in [0.25, 0.3) is 0 Å². The number of esters is 1. The van der Waals surface area contributed by atoms with Crippen LogP contribution in [0, 0.1) is 5.92 Å². The molecule has 0 heterocycles. The van der Waals surface area contributed by atoms with Crippen molar-refractivity contribution < 1.29 is 9.53 Å². The molecule has 2 saturated carbocycles. The number of hydrogen-bond donors (Lipinski definition) is 0. The molecule has 2 aliphatic rings. The molecule has 3 rings (SSSR count). The second kappa shape index (κ2) is 5.99. The summed E-state index contributed by atoms with van der Waals surface area (Å²) in [6.45, 7) is 0. The van der Waals surface area contributed by atoms with E-state index >= 15 is 0 Å². The average Bonchev–Trinajstić information content (AvgIpc) is 3.34. The molecule has 0 aromatic heterocycles. The molecule has 108 valence electrons. The quantitative estimate of drug-likeness (QED) is 0.759. The maximum atomic E-state index is 12.0. The Morgan fingerprint density at radius 2 is 1.70 bits per heavy atom. The molecule has 0 saturated heterocycles. The summed E-state index contributed by atoms with van der Waals surface area (Å²) in [4.78, 5) is 12.0. The van der Waals surface area contributed by atoms with E-state index in [4.69, 9.17) is 4.74 Å². The molecule has 20 heavy (non-hydrogen) atoms. The minimum atomic E-state index is -0.0714. The standard InChI is InChI=1S/C18H24O2/c1-20-18(19)17(16-11-12-16)15-9-7-14(8-10-15)13-5-3-2-4-6-13/h7-10,13,16-17H,2-6,11-12H2,1H3. The van der Waals surface area contributed by atoms with E-state index in [1.165, 1.54) is 44.8 Å². The molecule has 0 aliphatic heterocycles. The highest BCUT2D eigenvalue weighted by Crippen LogP contribution is 2.43. The summed E-state index contributed by atoms with van der Waals surface area (Å²) in [5.74, 6) is 1.12. The van der Waals surface area contributed by atoms with Gasteiger partial charge in [-0.2, -0.15) is 0 Å². The third kappa shape index (κ3) is 2.89. The SMILES string of the molecule is COC(=O)C(c1ccc(C2CCCCC2)cc1)C1CC1. The second-order valence-corrected chi connectivity index (χ2v) is 6.34. The number of hydrogen-bond acceptors (Lipinski definition) is 2. The van der Waals surface area contributed by atoms with Crippen molar-refractivity contribution in [1.82, 2.24) is 0 Å². The van der Waals surface area contributed by atoms with Crippen LogP contribution in [0.15, 0.2) is 24.3 Å². The summed E-state index contributed by atoms with van der Waals surface area (Å²) in [5, 5.41) is 0. The molecule has 1 atom stereocenters. The van der Waals surface area contributed by atoms with Gasteiger partial charge in [-0.05, 0) is 48.6 Å². The lowest BCUT2D eigenvalue weighted by atomic mass is 9.83. The maximum Gasteiger partial charge on any atom is 0.313 e. The topological polar surface area (TPSA) is 26.3 Å². The maximum absolute atomic E-state index is 12.0. The Balaban J connectivity index is 1.75. The first-order valence-corrected chi connectivity index (χ1v) is 7.97. The highest BCUT2D eigenvalue weighted by atomic mass is 16.5. The van der Waals surface area contributed by atoms with Crippen LogP contribution in [-0.4, -0.2) is 13.1 Å². The molecule has 2 fully saturated rings. The van der Waals surface area contributed by atoms with Crippen molar-refractivity contribution in [2.45, 2.75) is 56.8 Å². The second-order valence-electron chi connectivity index (χ2n) is 6.34. The van der Waals surface area contributed by atoms with Crippen molar-refractivity contribution in [2.75, 3.05) is 7.11 Å². The van der Waals surface area contributed by atoms with E-state index < -0.39 is 0 Å². The van der Waals surface area contributed by atoms with Crippen LogP contribution in [0.3, 0.4) is 0 Å². The van der Waals surface area contributed by atoms with Gasteiger partial charge in [-0.25, -0.2) is 0 Å². The number of benzene rings is 1. The van der Waals surface area contributed by atoms with Crippen LogP contribution in [0.1, 0.15) is 67.9 Å². The molecule has 2 nitrogen and oxygen atoms in total. The Morgan fingerprint density at radius 3 is 2.25 bits per heavy atom. The molecule has 0 radical (unpaired) electrons. The third-order valence-corrected chi connectivity index (χ3v) is 4.92. The largest absolute Gasteiger partial charge is 0.469 e. The number of carbonyl (C=O) groups is 1. The van der Waals surface area contributed by atoms with Crippen LogP contribution in [0.25, 0.3) is 0 Å². The Kier molecular flexibility index (Phi) is 4.09. The molecule has 1 unspecified atom stereocenters. The molecular weight excluding hydrogens is 248 g/mol. The zero-order valence-electron chi connectivity index (χ0n) is 12.3. The van der Waals surface area contributed by atoms with E-state index in [2.05, 4.69) is 24.3 Å². The molecule has 1 aromatic rings. The predicted molar refractivity (Wildman–Crippen MR) is 79.7 cm³/mol. The third-order valence-electron chi connectivity index (χ3n) is 4.92. The fraction of sp³-hybridized carbons (Fsp3) is 0.611. The van der Waals surface area contributed by atoms with Crippen molar-refractivity contribution >= 4 is 5.97 Å². The van der Waals surface area contributed by atoms with Crippen molar-refractivity contribution in [3.05, 3.63) is 35.4 Å². The van der Waals surface area contributed by atoms with Crippen LogP contribution in [0.5, 0.6) is 0 Å². The highest BCUT2D eigenvalue weighted by Gasteiger charge is 2.38. The molecule has 0 spiro atoms. The van der Waals surface area contributed by atoms with Crippen molar-refractivity contribution in [3.8, 4) is 0 Å². The van der Waals surface area contributed by atoms with E-state index in [1.807, 2.05) is 0 Å².